The Kier molecular flexibility index (Phi) is 6.11. The van der Waals surface area contributed by atoms with Gasteiger partial charge in [0.25, 0.3) is 5.91 Å². The van der Waals surface area contributed by atoms with Crippen LogP contribution in [0.4, 0.5) is 4.39 Å². The molecule has 154 valence electrons. The van der Waals surface area contributed by atoms with E-state index in [-0.39, 0.29) is 11.7 Å². The van der Waals surface area contributed by atoms with Crippen molar-refractivity contribution in [3.8, 4) is 0 Å². The molecule has 8 heteroatoms. The van der Waals surface area contributed by atoms with Gasteiger partial charge in [0.1, 0.15) is 22.0 Å². The Morgan fingerprint density at radius 3 is 2.70 bits per heavy atom. The number of carbonyl (C=O) groups excluding carboxylic acids is 1. The van der Waals surface area contributed by atoms with Crippen molar-refractivity contribution in [1.29, 1.82) is 0 Å². The molecule has 0 spiro atoms. The molecule has 0 saturated carbocycles. The Morgan fingerprint density at radius 2 is 2.00 bits per heavy atom. The number of hydrogen-bond acceptors (Lipinski definition) is 4. The van der Waals surface area contributed by atoms with Gasteiger partial charge < -0.3 is 9.47 Å². The molecule has 0 aliphatic rings. The van der Waals surface area contributed by atoms with Crippen molar-refractivity contribution < 1.29 is 9.18 Å². The molecule has 4 rings (SSSR count). The molecule has 0 fully saturated rings. The number of thiophene rings is 1. The Morgan fingerprint density at radius 1 is 1.20 bits per heavy atom. The number of amides is 1. The van der Waals surface area contributed by atoms with Crippen LogP contribution in [0.2, 0.25) is 5.02 Å². The van der Waals surface area contributed by atoms with E-state index in [0.29, 0.717) is 23.0 Å². The van der Waals surface area contributed by atoms with E-state index >= 15 is 0 Å². The number of rotatable bonds is 7. The minimum Gasteiger partial charge on any atom is -0.326 e. The summed E-state index contributed by atoms with van der Waals surface area (Å²) in [7, 11) is 0. The molecule has 4 aromatic rings. The van der Waals surface area contributed by atoms with Crippen LogP contribution < -0.4 is 0 Å². The molecule has 0 unspecified atom stereocenters. The molecule has 0 radical (unpaired) electrons. The zero-order valence-electron chi connectivity index (χ0n) is 16.4. The lowest BCUT2D eigenvalue weighted by Gasteiger charge is -2.23. The zero-order valence-corrected chi connectivity index (χ0v) is 18.0. The normalized spacial score (nSPS) is 11.2. The molecular weight excluding hydrogens is 423 g/mol. The SMILES string of the molecule is CCCn1c(CN(Cc2ccc(F)cc2)C(=O)c2sccc2Cl)nc2cccnc21. The molecule has 3 heterocycles. The summed E-state index contributed by atoms with van der Waals surface area (Å²) in [6.45, 7) is 3.45. The Balaban J connectivity index is 1.71. The molecule has 1 aromatic carbocycles. The molecule has 5 nitrogen and oxygen atoms in total. The molecule has 0 aliphatic carbocycles. The highest BCUT2D eigenvalue weighted by atomic mass is 35.5. The van der Waals surface area contributed by atoms with E-state index in [4.69, 9.17) is 16.6 Å². The van der Waals surface area contributed by atoms with Gasteiger partial charge >= 0.3 is 0 Å². The fourth-order valence-corrected chi connectivity index (χ4v) is 4.46. The van der Waals surface area contributed by atoms with Crippen LogP contribution in [0.1, 0.15) is 34.4 Å². The van der Waals surface area contributed by atoms with Crippen LogP contribution in [0.25, 0.3) is 11.2 Å². The Hall–Kier alpha value is -2.77. The van der Waals surface area contributed by atoms with Gasteiger partial charge in [-0.3, -0.25) is 4.79 Å². The van der Waals surface area contributed by atoms with Crippen molar-refractivity contribution in [2.45, 2.75) is 33.0 Å². The first kappa shape index (κ1) is 20.5. The number of aryl methyl sites for hydroxylation is 1. The summed E-state index contributed by atoms with van der Waals surface area (Å²) in [5.74, 6) is 0.268. The van der Waals surface area contributed by atoms with E-state index in [9.17, 15) is 9.18 Å². The summed E-state index contributed by atoms with van der Waals surface area (Å²) < 4.78 is 15.4. The van der Waals surface area contributed by atoms with Gasteiger partial charge in [-0.2, -0.15) is 0 Å². The number of pyridine rings is 1. The summed E-state index contributed by atoms with van der Waals surface area (Å²) in [6.07, 6.45) is 2.66. The standard InChI is InChI=1S/C22H20ClFN4OS/c1-2-11-28-19(26-18-4-3-10-25-21(18)28)14-27(13-15-5-7-16(24)8-6-15)22(29)20-17(23)9-12-30-20/h3-10,12H,2,11,13-14H2,1H3. The summed E-state index contributed by atoms with van der Waals surface area (Å²) >= 11 is 7.54. The average Bonchev–Trinajstić information content (AvgIpc) is 3.32. The van der Waals surface area contributed by atoms with Crippen molar-refractivity contribution >= 4 is 40.0 Å². The van der Waals surface area contributed by atoms with E-state index in [1.807, 2.05) is 12.1 Å². The second kappa shape index (κ2) is 8.93. The van der Waals surface area contributed by atoms with Gasteiger partial charge in [-0.1, -0.05) is 30.7 Å². The maximum Gasteiger partial charge on any atom is 0.266 e. The highest BCUT2D eigenvalue weighted by Gasteiger charge is 2.23. The smallest absolute Gasteiger partial charge is 0.266 e. The van der Waals surface area contributed by atoms with Gasteiger partial charge in [-0.15, -0.1) is 11.3 Å². The van der Waals surface area contributed by atoms with Crippen LogP contribution in [0, 0.1) is 5.82 Å². The lowest BCUT2D eigenvalue weighted by atomic mass is 10.2. The quantitative estimate of drug-likeness (QED) is 0.377. The van der Waals surface area contributed by atoms with E-state index in [2.05, 4.69) is 16.5 Å². The third kappa shape index (κ3) is 4.22. The van der Waals surface area contributed by atoms with Crippen molar-refractivity contribution in [2.24, 2.45) is 0 Å². The molecule has 0 aliphatic heterocycles. The third-order valence-electron chi connectivity index (χ3n) is 4.75. The van der Waals surface area contributed by atoms with E-state index in [0.717, 1.165) is 35.5 Å². The van der Waals surface area contributed by atoms with Crippen molar-refractivity contribution in [3.63, 3.8) is 0 Å². The van der Waals surface area contributed by atoms with Crippen molar-refractivity contribution in [3.05, 3.63) is 81.1 Å². The number of aromatic nitrogens is 3. The van der Waals surface area contributed by atoms with Crippen LogP contribution in [0.15, 0.2) is 54.0 Å². The molecule has 1 amide bonds. The number of nitrogens with zero attached hydrogens (tertiary/aromatic N) is 4. The lowest BCUT2D eigenvalue weighted by molar-refractivity contribution is 0.0729. The van der Waals surface area contributed by atoms with Gasteiger partial charge in [-0.25, -0.2) is 14.4 Å². The van der Waals surface area contributed by atoms with E-state index in [1.54, 1.807) is 34.7 Å². The second-order valence-electron chi connectivity index (χ2n) is 6.91. The maximum absolute atomic E-state index is 13.3. The summed E-state index contributed by atoms with van der Waals surface area (Å²) in [5, 5.41) is 2.22. The zero-order chi connectivity index (χ0) is 21.1. The van der Waals surface area contributed by atoms with Gasteiger partial charge in [0.05, 0.1) is 11.6 Å². The van der Waals surface area contributed by atoms with Crippen molar-refractivity contribution in [1.82, 2.24) is 19.4 Å². The van der Waals surface area contributed by atoms with Gasteiger partial charge in [0.2, 0.25) is 0 Å². The predicted octanol–water partition coefficient (Wildman–Crippen LogP) is 5.54. The molecule has 0 atom stereocenters. The number of benzene rings is 1. The van der Waals surface area contributed by atoms with Gasteiger partial charge in [-0.05, 0) is 47.7 Å². The molecular formula is C22H20ClFN4OS. The lowest BCUT2D eigenvalue weighted by Crippen LogP contribution is -2.31. The predicted molar refractivity (Wildman–Crippen MR) is 117 cm³/mol. The number of halogens is 2. The monoisotopic (exact) mass is 442 g/mol. The molecule has 0 bridgehead atoms. The van der Waals surface area contributed by atoms with Crippen LogP contribution in [0.3, 0.4) is 0 Å². The van der Waals surface area contributed by atoms with Crippen LogP contribution in [-0.4, -0.2) is 25.3 Å². The van der Waals surface area contributed by atoms with Crippen molar-refractivity contribution in [2.75, 3.05) is 0 Å². The first-order valence-corrected chi connectivity index (χ1v) is 10.9. The molecule has 0 N–H and O–H groups in total. The number of imidazole rings is 1. The Bertz CT molecular complexity index is 1170. The molecule has 0 saturated heterocycles. The summed E-state index contributed by atoms with van der Waals surface area (Å²) in [5.41, 5.74) is 2.43. The molecule has 30 heavy (non-hydrogen) atoms. The minimum absolute atomic E-state index is 0.178. The Labute approximate surface area is 182 Å². The molecule has 3 aromatic heterocycles. The largest absolute Gasteiger partial charge is 0.326 e. The van der Waals surface area contributed by atoms with Gasteiger partial charge in [0.15, 0.2) is 5.65 Å². The van der Waals surface area contributed by atoms with Crippen LogP contribution in [0.5, 0.6) is 0 Å². The van der Waals surface area contributed by atoms with Crippen LogP contribution in [-0.2, 0) is 19.6 Å². The van der Waals surface area contributed by atoms with Gasteiger partial charge in [0, 0.05) is 19.3 Å². The number of hydrogen-bond donors (Lipinski definition) is 0. The maximum atomic E-state index is 13.3. The highest BCUT2D eigenvalue weighted by Crippen LogP contribution is 2.26. The topological polar surface area (TPSA) is 51.0 Å². The fourth-order valence-electron chi connectivity index (χ4n) is 3.36. The number of carbonyl (C=O) groups is 1. The highest BCUT2D eigenvalue weighted by molar-refractivity contribution is 7.12. The average molecular weight is 443 g/mol. The first-order chi connectivity index (χ1) is 14.6. The third-order valence-corrected chi connectivity index (χ3v) is 6.08. The first-order valence-electron chi connectivity index (χ1n) is 9.63. The van der Waals surface area contributed by atoms with Crippen LogP contribution >= 0.6 is 22.9 Å². The number of fused-ring (bicyclic) bond motifs is 1. The fraction of sp³-hybridized carbons (Fsp3) is 0.227. The van der Waals surface area contributed by atoms with E-state index in [1.165, 1.54) is 23.5 Å². The minimum atomic E-state index is -0.311. The second-order valence-corrected chi connectivity index (χ2v) is 8.23. The summed E-state index contributed by atoms with van der Waals surface area (Å²) in [4.78, 5) is 24.7. The summed E-state index contributed by atoms with van der Waals surface area (Å²) in [6, 6.07) is 11.6. The van der Waals surface area contributed by atoms with E-state index < -0.39 is 0 Å².